The number of nitrogens with one attached hydrogen (secondary N) is 1. The number of halogens is 1. The molecule has 0 aromatic heterocycles. The summed E-state index contributed by atoms with van der Waals surface area (Å²) in [5, 5.41) is 0. The zero-order chi connectivity index (χ0) is 18.3. The van der Waals surface area contributed by atoms with Gasteiger partial charge in [0, 0.05) is 5.56 Å². The van der Waals surface area contributed by atoms with Crippen LogP contribution in [0.2, 0.25) is 0 Å². The van der Waals surface area contributed by atoms with Crippen molar-refractivity contribution in [3.63, 3.8) is 0 Å². The van der Waals surface area contributed by atoms with Crippen molar-refractivity contribution in [2.75, 3.05) is 13.2 Å². The lowest BCUT2D eigenvalue weighted by molar-refractivity contribution is 0.101. The van der Waals surface area contributed by atoms with Crippen LogP contribution in [-0.4, -0.2) is 27.4 Å². The van der Waals surface area contributed by atoms with Crippen LogP contribution in [0.15, 0.2) is 53.4 Å². The first kappa shape index (κ1) is 18.6. The highest BCUT2D eigenvalue weighted by atomic mass is 32.2. The second-order valence-corrected chi connectivity index (χ2v) is 6.74. The summed E-state index contributed by atoms with van der Waals surface area (Å²) in [4.78, 5) is 11.2. The van der Waals surface area contributed by atoms with E-state index < -0.39 is 15.8 Å². The fourth-order valence-corrected chi connectivity index (χ4v) is 2.80. The standard InChI is InChI=1S/C18H16FNO4S/c1-14(21)15-8-10-16(11-9-15)25(22,23)20-12-4-5-13-24-18-7-3-2-6-17(18)19/h2-3,6-11,20H,12-13H2,1H3. The first-order valence-corrected chi connectivity index (χ1v) is 8.82. The van der Waals surface area contributed by atoms with Gasteiger partial charge in [0.2, 0.25) is 10.0 Å². The highest BCUT2D eigenvalue weighted by molar-refractivity contribution is 7.89. The third-order valence-electron chi connectivity index (χ3n) is 3.18. The van der Waals surface area contributed by atoms with Gasteiger partial charge in [0.25, 0.3) is 0 Å². The minimum absolute atomic E-state index is 0.0434. The Hall–Kier alpha value is -2.69. The molecule has 0 aliphatic carbocycles. The molecule has 2 aromatic carbocycles. The van der Waals surface area contributed by atoms with Crippen LogP contribution in [0.3, 0.4) is 0 Å². The number of para-hydroxylation sites is 1. The van der Waals surface area contributed by atoms with Crippen molar-refractivity contribution in [2.45, 2.75) is 11.8 Å². The molecule has 0 saturated heterocycles. The van der Waals surface area contributed by atoms with Gasteiger partial charge in [-0.1, -0.05) is 36.1 Å². The number of rotatable bonds is 6. The van der Waals surface area contributed by atoms with E-state index in [-0.39, 0.29) is 29.6 Å². The predicted octanol–water partition coefficient (Wildman–Crippen LogP) is 2.39. The van der Waals surface area contributed by atoms with Gasteiger partial charge in [-0.3, -0.25) is 4.79 Å². The molecule has 0 bridgehead atoms. The second-order valence-electron chi connectivity index (χ2n) is 4.98. The highest BCUT2D eigenvalue weighted by Gasteiger charge is 2.12. The Labute approximate surface area is 145 Å². The maximum absolute atomic E-state index is 13.3. The van der Waals surface area contributed by atoms with E-state index in [0.717, 1.165) is 0 Å². The Morgan fingerprint density at radius 3 is 2.44 bits per heavy atom. The minimum atomic E-state index is -3.71. The average Bonchev–Trinajstić information content (AvgIpc) is 2.59. The van der Waals surface area contributed by atoms with Gasteiger partial charge < -0.3 is 4.74 Å². The van der Waals surface area contributed by atoms with Gasteiger partial charge in [0.05, 0.1) is 11.4 Å². The van der Waals surface area contributed by atoms with E-state index in [2.05, 4.69) is 16.6 Å². The Morgan fingerprint density at radius 1 is 1.12 bits per heavy atom. The van der Waals surface area contributed by atoms with Gasteiger partial charge >= 0.3 is 0 Å². The number of hydrogen-bond acceptors (Lipinski definition) is 4. The average molecular weight is 361 g/mol. The number of ketones is 1. The molecule has 0 saturated carbocycles. The van der Waals surface area contributed by atoms with Gasteiger partial charge in [-0.15, -0.1) is 0 Å². The molecule has 0 aliphatic heterocycles. The molecule has 7 heteroatoms. The molecule has 0 radical (unpaired) electrons. The molecule has 2 aromatic rings. The lowest BCUT2D eigenvalue weighted by Crippen LogP contribution is -2.24. The number of hydrogen-bond donors (Lipinski definition) is 1. The molecule has 0 heterocycles. The van der Waals surface area contributed by atoms with Crippen LogP contribution in [0.5, 0.6) is 5.75 Å². The van der Waals surface area contributed by atoms with Crippen molar-refractivity contribution in [1.29, 1.82) is 0 Å². The van der Waals surface area contributed by atoms with E-state index in [9.17, 15) is 17.6 Å². The van der Waals surface area contributed by atoms with Crippen molar-refractivity contribution in [2.24, 2.45) is 0 Å². The van der Waals surface area contributed by atoms with Crippen molar-refractivity contribution < 1.29 is 22.3 Å². The third-order valence-corrected chi connectivity index (χ3v) is 4.60. The number of carbonyl (C=O) groups excluding carboxylic acids is 1. The molecule has 0 atom stereocenters. The summed E-state index contributed by atoms with van der Waals surface area (Å²) in [6.45, 7) is 1.23. The maximum atomic E-state index is 13.3. The van der Waals surface area contributed by atoms with Crippen LogP contribution >= 0.6 is 0 Å². The van der Waals surface area contributed by atoms with Gasteiger partial charge in [0.1, 0.15) is 6.61 Å². The molecule has 5 nitrogen and oxygen atoms in total. The number of benzene rings is 2. The largest absolute Gasteiger partial charge is 0.478 e. The molecule has 25 heavy (non-hydrogen) atoms. The Bertz CT molecular complexity index is 912. The normalized spacial score (nSPS) is 10.6. The number of sulfonamides is 1. The molecule has 0 spiro atoms. The minimum Gasteiger partial charge on any atom is -0.478 e. The molecule has 2 rings (SSSR count). The Balaban J connectivity index is 1.86. The van der Waals surface area contributed by atoms with Crippen molar-refractivity contribution in [3.05, 3.63) is 59.9 Å². The zero-order valence-electron chi connectivity index (χ0n) is 13.5. The summed E-state index contributed by atoms with van der Waals surface area (Å²) >= 11 is 0. The molecular weight excluding hydrogens is 345 g/mol. The van der Waals surface area contributed by atoms with Crippen LogP contribution in [0, 0.1) is 17.7 Å². The van der Waals surface area contributed by atoms with E-state index in [0.29, 0.717) is 5.56 Å². The van der Waals surface area contributed by atoms with E-state index >= 15 is 0 Å². The Kier molecular flexibility index (Phi) is 6.28. The second kappa shape index (κ2) is 8.42. The lowest BCUT2D eigenvalue weighted by atomic mass is 10.2. The molecule has 130 valence electrons. The van der Waals surface area contributed by atoms with E-state index in [4.69, 9.17) is 4.74 Å². The first-order chi connectivity index (χ1) is 11.9. The van der Waals surface area contributed by atoms with E-state index in [1.165, 1.54) is 43.3 Å². The van der Waals surface area contributed by atoms with Crippen molar-refractivity contribution >= 4 is 15.8 Å². The molecule has 1 N–H and O–H groups in total. The Morgan fingerprint density at radius 2 is 1.80 bits per heavy atom. The van der Waals surface area contributed by atoms with E-state index in [1.54, 1.807) is 12.1 Å². The molecular formula is C18H16FNO4S. The van der Waals surface area contributed by atoms with E-state index in [1.807, 2.05) is 0 Å². The molecule has 0 unspecified atom stereocenters. The van der Waals surface area contributed by atoms with Crippen LogP contribution in [0.1, 0.15) is 17.3 Å². The van der Waals surface area contributed by atoms with Crippen LogP contribution in [0.25, 0.3) is 0 Å². The number of ether oxygens (including phenoxy) is 1. The third kappa shape index (κ3) is 5.41. The van der Waals surface area contributed by atoms with Gasteiger partial charge in [-0.2, -0.15) is 4.72 Å². The summed E-state index contributed by atoms with van der Waals surface area (Å²) < 4.78 is 44.9. The zero-order valence-corrected chi connectivity index (χ0v) is 14.3. The first-order valence-electron chi connectivity index (χ1n) is 7.34. The SMILES string of the molecule is CC(=O)c1ccc(S(=O)(=O)NCC#CCOc2ccccc2F)cc1. The smallest absolute Gasteiger partial charge is 0.241 e. The summed E-state index contributed by atoms with van der Waals surface area (Å²) in [7, 11) is -3.71. The van der Waals surface area contributed by atoms with Crippen molar-refractivity contribution in [3.8, 4) is 17.6 Å². The molecule has 0 fully saturated rings. The molecule has 0 amide bonds. The fourth-order valence-electron chi connectivity index (χ4n) is 1.87. The van der Waals surface area contributed by atoms with Crippen LogP contribution in [-0.2, 0) is 10.0 Å². The number of Topliss-reactive ketones (excluding diaryl/α,β-unsaturated/α-hetero) is 1. The van der Waals surface area contributed by atoms with Crippen LogP contribution in [0.4, 0.5) is 4.39 Å². The van der Waals surface area contributed by atoms with Crippen molar-refractivity contribution in [1.82, 2.24) is 4.72 Å². The van der Waals surface area contributed by atoms with Gasteiger partial charge in [0.15, 0.2) is 17.3 Å². The monoisotopic (exact) mass is 361 g/mol. The lowest BCUT2D eigenvalue weighted by Gasteiger charge is -2.04. The summed E-state index contributed by atoms with van der Waals surface area (Å²) in [5.74, 6) is 4.65. The quantitative estimate of drug-likeness (QED) is 0.633. The van der Waals surface area contributed by atoms with Crippen LogP contribution < -0.4 is 9.46 Å². The number of carbonyl (C=O) groups is 1. The topological polar surface area (TPSA) is 72.5 Å². The predicted molar refractivity (Wildman–Crippen MR) is 91.3 cm³/mol. The van der Waals surface area contributed by atoms with Gasteiger partial charge in [-0.25, -0.2) is 12.8 Å². The highest BCUT2D eigenvalue weighted by Crippen LogP contribution is 2.14. The van der Waals surface area contributed by atoms with Gasteiger partial charge in [-0.05, 0) is 31.2 Å². The fraction of sp³-hybridized carbons (Fsp3) is 0.167. The maximum Gasteiger partial charge on any atom is 0.241 e. The molecule has 0 aliphatic rings. The summed E-state index contributed by atoms with van der Waals surface area (Å²) in [6.07, 6.45) is 0. The summed E-state index contributed by atoms with van der Waals surface area (Å²) in [5.41, 5.74) is 0.434. The summed E-state index contributed by atoms with van der Waals surface area (Å²) in [6, 6.07) is 11.5.